The van der Waals surface area contributed by atoms with E-state index in [0.29, 0.717) is 5.92 Å². The van der Waals surface area contributed by atoms with E-state index in [1.54, 1.807) is 0 Å². The number of rotatable bonds is 2. The molecule has 104 valence electrons. The summed E-state index contributed by atoms with van der Waals surface area (Å²) in [6.45, 7) is 2.35. The van der Waals surface area contributed by atoms with Gasteiger partial charge in [0.1, 0.15) is 0 Å². The highest BCUT2D eigenvalue weighted by atomic mass is 14.8. The van der Waals surface area contributed by atoms with Crippen molar-refractivity contribution >= 4 is 0 Å². The van der Waals surface area contributed by atoms with E-state index < -0.39 is 0 Å². The van der Waals surface area contributed by atoms with Crippen LogP contribution in [0.15, 0.2) is 24.3 Å². The molecule has 0 radical (unpaired) electrons. The Bertz CT molecular complexity index is 439. The van der Waals surface area contributed by atoms with Crippen LogP contribution in [0.3, 0.4) is 0 Å². The maximum absolute atomic E-state index is 7.01. The minimum absolute atomic E-state index is 0.0457. The molecule has 0 aliphatic heterocycles. The average Bonchev–Trinajstić information content (AvgIpc) is 2.48. The van der Waals surface area contributed by atoms with E-state index in [1.807, 2.05) is 0 Å². The molecule has 2 aliphatic carbocycles. The van der Waals surface area contributed by atoms with Crippen LogP contribution in [0.1, 0.15) is 63.0 Å². The summed E-state index contributed by atoms with van der Waals surface area (Å²) >= 11 is 0. The van der Waals surface area contributed by atoms with Crippen molar-refractivity contribution in [3.05, 3.63) is 35.4 Å². The number of benzene rings is 1. The van der Waals surface area contributed by atoms with Crippen molar-refractivity contribution in [1.29, 1.82) is 0 Å². The van der Waals surface area contributed by atoms with E-state index in [4.69, 9.17) is 5.73 Å². The van der Waals surface area contributed by atoms with Crippen LogP contribution in [0, 0.1) is 11.8 Å². The SMILES string of the molecule is CCC1CCCCC1C1(N)CCCc2ccccc21. The van der Waals surface area contributed by atoms with Gasteiger partial charge in [0.15, 0.2) is 0 Å². The van der Waals surface area contributed by atoms with Crippen LogP contribution < -0.4 is 5.73 Å². The molecule has 0 bridgehead atoms. The smallest absolute Gasteiger partial charge is 0.0443 e. The van der Waals surface area contributed by atoms with Crippen LogP contribution in [0.25, 0.3) is 0 Å². The van der Waals surface area contributed by atoms with Crippen molar-refractivity contribution in [2.24, 2.45) is 17.6 Å². The Morgan fingerprint density at radius 2 is 1.95 bits per heavy atom. The fourth-order valence-electron chi connectivity index (χ4n) is 4.66. The summed E-state index contributed by atoms with van der Waals surface area (Å²) in [6, 6.07) is 8.94. The topological polar surface area (TPSA) is 26.0 Å². The van der Waals surface area contributed by atoms with Gasteiger partial charge in [-0.2, -0.15) is 0 Å². The summed E-state index contributed by atoms with van der Waals surface area (Å²) in [7, 11) is 0. The molecule has 0 spiro atoms. The van der Waals surface area contributed by atoms with Gasteiger partial charge in [-0.25, -0.2) is 0 Å². The molecule has 2 N–H and O–H groups in total. The van der Waals surface area contributed by atoms with Crippen molar-refractivity contribution < 1.29 is 0 Å². The van der Waals surface area contributed by atoms with Crippen LogP contribution in [0.4, 0.5) is 0 Å². The number of hydrogen-bond donors (Lipinski definition) is 1. The van der Waals surface area contributed by atoms with E-state index in [-0.39, 0.29) is 5.54 Å². The van der Waals surface area contributed by atoms with Gasteiger partial charge in [-0.1, -0.05) is 56.9 Å². The fraction of sp³-hybridized carbons (Fsp3) is 0.667. The Hall–Kier alpha value is -0.820. The second kappa shape index (κ2) is 5.28. The Labute approximate surface area is 117 Å². The van der Waals surface area contributed by atoms with Crippen molar-refractivity contribution in [2.45, 2.75) is 63.8 Å². The van der Waals surface area contributed by atoms with Gasteiger partial charge in [-0.15, -0.1) is 0 Å². The summed E-state index contributed by atoms with van der Waals surface area (Å²) in [5, 5.41) is 0. The molecule has 3 atom stereocenters. The molecular formula is C18H27N. The molecule has 0 heterocycles. The largest absolute Gasteiger partial charge is 0.321 e. The zero-order valence-corrected chi connectivity index (χ0v) is 12.2. The van der Waals surface area contributed by atoms with Crippen molar-refractivity contribution in [3.8, 4) is 0 Å². The second-order valence-electron chi connectivity index (χ2n) is 6.61. The van der Waals surface area contributed by atoms with E-state index >= 15 is 0 Å². The summed E-state index contributed by atoms with van der Waals surface area (Å²) in [5.74, 6) is 1.54. The zero-order chi connectivity index (χ0) is 13.3. The number of aryl methyl sites for hydroxylation is 1. The average molecular weight is 257 g/mol. The van der Waals surface area contributed by atoms with Gasteiger partial charge in [0, 0.05) is 5.54 Å². The van der Waals surface area contributed by atoms with Gasteiger partial charge in [-0.3, -0.25) is 0 Å². The minimum Gasteiger partial charge on any atom is -0.321 e. The molecule has 0 saturated heterocycles. The van der Waals surface area contributed by atoms with Gasteiger partial charge in [0.25, 0.3) is 0 Å². The minimum atomic E-state index is -0.0457. The number of hydrogen-bond acceptors (Lipinski definition) is 1. The van der Waals surface area contributed by atoms with Crippen LogP contribution in [-0.4, -0.2) is 0 Å². The first-order valence-electron chi connectivity index (χ1n) is 8.13. The van der Waals surface area contributed by atoms with Crippen LogP contribution >= 0.6 is 0 Å². The Morgan fingerprint density at radius 1 is 1.16 bits per heavy atom. The van der Waals surface area contributed by atoms with Gasteiger partial charge in [0.2, 0.25) is 0 Å². The lowest BCUT2D eigenvalue weighted by atomic mass is 9.61. The third-order valence-electron chi connectivity index (χ3n) is 5.65. The van der Waals surface area contributed by atoms with Crippen molar-refractivity contribution in [3.63, 3.8) is 0 Å². The first-order chi connectivity index (χ1) is 9.25. The molecule has 0 amide bonds. The molecule has 1 fully saturated rings. The molecule has 19 heavy (non-hydrogen) atoms. The highest BCUT2D eigenvalue weighted by molar-refractivity contribution is 5.36. The van der Waals surface area contributed by atoms with E-state index in [2.05, 4.69) is 31.2 Å². The molecule has 2 aliphatic rings. The monoisotopic (exact) mass is 257 g/mol. The predicted octanol–water partition coefficient (Wildman–Crippen LogP) is 4.39. The fourth-order valence-corrected chi connectivity index (χ4v) is 4.66. The lowest BCUT2D eigenvalue weighted by Gasteiger charge is -2.47. The first kappa shape index (κ1) is 13.2. The predicted molar refractivity (Wildman–Crippen MR) is 81.0 cm³/mol. The Morgan fingerprint density at radius 3 is 2.79 bits per heavy atom. The molecule has 3 rings (SSSR count). The van der Waals surface area contributed by atoms with Crippen LogP contribution in [0.5, 0.6) is 0 Å². The van der Waals surface area contributed by atoms with Crippen molar-refractivity contribution in [2.75, 3.05) is 0 Å². The molecular weight excluding hydrogens is 230 g/mol. The maximum atomic E-state index is 7.01. The standard InChI is InChI=1S/C18H27N/c1-2-14-8-3-5-11-16(14)18(19)13-7-10-15-9-4-6-12-17(15)18/h4,6,9,12,14,16H,2-3,5,7-8,10-11,13,19H2,1H3. The normalized spacial score (nSPS) is 34.8. The van der Waals surface area contributed by atoms with E-state index in [9.17, 15) is 0 Å². The van der Waals surface area contributed by atoms with Gasteiger partial charge >= 0.3 is 0 Å². The lowest BCUT2D eigenvalue weighted by molar-refractivity contribution is 0.111. The molecule has 1 saturated carbocycles. The molecule has 1 aromatic rings. The highest BCUT2D eigenvalue weighted by Gasteiger charge is 2.43. The van der Waals surface area contributed by atoms with Crippen molar-refractivity contribution in [1.82, 2.24) is 0 Å². The summed E-state index contributed by atoms with van der Waals surface area (Å²) in [5.41, 5.74) is 9.94. The van der Waals surface area contributed by atoms with E-state index in [1.165, 1.54) is 62.5 Å². The molecule has 1 heteroatoms. The zero-order valence-electron chi connectivity index (χ0n) is 12.2. The summed E-state index contributed by atoms with van der Waals surface area (Å²) in [6.07, 6.45) is 10.5. The second-order valence-corrected chi connectivity index (χ2v) is 6.61. The van der Waals surface area contributed by atoms with Crippen LogP contribution in [0.2, 0.25) is 0 Å². The van der Waals surface area contributed by atoms with Gasteiger partial charge in [0.05, 0.1) is 0 Å². The van der Waals surface area contributed by atoms with Gasteiger partial charge < -0.3 is 5.73 Å². The lowest BCUT2D eigenvalue weighted by Crippen LogP contribution is -2.50. The summed E-state index contributed by atoms with van der Waals surface area (Å²) < 4.78 is 0. The molecule has 0 aromatic heterocycles. The maximum Gasteiger partial charge on any atom is 0.0443 e. The third-order valence-corrected chi connectivity index (χ3v) is 5.65. The molecule has 3 unspecified atom stereocenters. The Kier molecular flexibility index (Phi) is 3.66. The first-order valence-corrected chi connectivity index (χ1v) is 8.13. The van der Waals surface area contributed by atoms with Gasteiger partial charge in [-0.05, 0) is 48.6 Å². The van der Waals surface area contributed by atoms with E-state index in [0.717, 1.165) is 5.92 Å². The third kappa shape index (κ3) is 2.23. The summed E-state index contributed by atoms with van der Waals surface area (Å²) in [4.78, 5) is 0. The number of nitrogens with two attached hydrogens (primary N) is 1. The molecule has 1 nitrogen and oxygen atoms in total. The Balaban J connectivity index is 1.98. The molecule has 1 aromatic carbocycles. The van der Waals surface area contributed by atoms with Crippen LogP contribution in [-0.2, 0) is 12.0 Å². The highest BCUT2D eigenvalue weighted by Crippen LogP contribution is 2.47. The quantitative estimate of drug-likeness (QED) is 0.835. The number of fused-ring (bicyclic) bond motifs is 1.